The molecule has 4 heterocycles. The fraction of sp³-hybridized carbons (Fsp3) is 0.0200. The van der Waals surface area contributed by atoms with Gasteiger partial charge in [0.15, 0.2) is 0 Å². The third-order valence-electron chi connectivity index (χ3n) is 11.3. The molecule has 0 radical (unpaired) electrons. The van der Waals surface area contributed by atoms with E-state index in [9.17, 15) is 0 Å². The van der Waals surface area contributed by atoms with Crippen molar-refractivity contribution < 1.29 is 4.42 Å². The zero-order chi connectivity index (χ0) is 36.0. The number of rotatable bonds is 4. The van der Waals surface area contributed by atoms with E-state index in [1.54, 1.807) is 0 Å². The summed E-state index contributed by atoms with van der Waals surface area (Å²) in [4.78, 5) is 5.25. The monoisotopic (exact) mass is 704 g/mol. The first-order valence-electron chi connectivity index (χ1n) is 18.8. The van der Waals surface area contributed by atoms with E-state index in [4.69, 9.17) is 9.41 Å². The van der Waals surface area contributed by atoms with Gasteiger partial charge in [0.25, 0.3) is 0 Å². The van der Waals surface area contributed by atoms with Crippen LogP contribution in [0.2, 0.25) is 0 Å². The average molecular weight is 705 g/mol. The number of nitrogens with zero attached hydrogens (tertiary/aromatic N) is 3. The molecule has 1 unspecified atom stereocenters. The maximum Gasteiger partial charge on any atom is 0.145 e. The number of hydrogen-bond acceptors (Lipinski definition) is 3. The highest BCUT2D eigenvalue weighted by Crippen LogP contribution is 2.44. The molecule has 0 saturated carbocycles. The van der Waals surface area contributed by atoms with Crippen LogP contribution < -0.4 is 5.32 Å². The van der Waals surface area contributed by atoms with Crippen LogP contribution in [0.15, 0.2) is 191 Å². The number of hydrogen-bond donors (Lipinski definition) is 1. The zero-order valence-corrected chi connectivity index (χ0v) is 29.6. The number of aliphatic imine (C=N–C) groups is 1. The number of fused-ring (bicyclic) bond motifs is 11. The Labute approximate surface area is 316 Å². The molecule has 1 N–H and O–H groups in total. The average Bonchev–Trinajstić information content (AvgIpc) is 3.90. The molecule has 11 aromatic rings. The SMILES string of the molecule is c1ccc(C2=Nc3ccccc3NC2c2cccc(-n3c4cc5c(cc4c4c6oc7ccccc7c6ccc43)c3ccccc3n5-c3ccccc3)c2)cc1. The molecule has 12 rings (SSSR count). The first-order valence-corrected chi connectivity index (χ1v) is 18.8. The first-order chi connectivity index (χ1) is 27.3. The molecule has 0 spiro atoms. The highest BCUT2D eigenvalue weighted by molar-refractivity contribution is 6.27. The van der Waals surface area contributed by atoms with Crippen molar-refractivity contribution in [1.29, 1.82) is 0 Å². The molecule has 5 heteroatoms. The van der Waals surface area contributed by atoms with Crippen molar-refractivity contribution in [2.45, 2.75) is 6.04 Å². The Balaban J connectivity index is 1.16. The van der Waals surface area contributed by atoms with Crippen molar-refractivity contribution in [3.05, 3.63) is 193 Å². The van der Waals surface area contributed by atoms with Crippen LogP contribution in [-0.2, 0) is 0 Å². The van der Waals surface area contributed by atoms with E-state index in [2.05, 4.69) is 184 Å². The van der Waals surface area contributed by atoms with Gasteiger partial charge in [-0.2, -0.15) is 0 Å². The second kappa shape index (κ2) is 11.6. The van der Waals surface area contributed by atoms with Gasteiger partial charge in [0.05, 0.1) is 50.6 Å². The summed E-state index contributed by atoms with van der Waals surface area (Å²) in [6.07, 6.45) is 0. The number of aromatic nitrogens is 2. The molecule has 0 bridgehead atoms. The molecule has 55 heavy (non-hydrogen) atoms. The zero-order valence-electron chi connectivity index (χ0n) is 29.6. The normalized spacial score (nSPS) is 14.3. The van der Waals surface area contributed by atoms with Crippen LogP contribution in [0.5, 0.6) is 0 Å². The lowest BCUT2D eigenvalue weighted by molar-refractivity contribution is 0.673. The molecule has 0 fully saturated rings. The lowest BCUT2D eigenvalue weighted by Gasteiger charge is -2.28. The van der Waals surface area contributed by atoms with Gasteiger partial charge in [-0.15, -0.1) is 0 Å². The van der Waals surface area contributed by atoms with Crippen LogP contribution in [0.3, 0.4) is 0 Å². The summed E-state index contributed by atoms with van der Waals surface area (Å²) in [5.41, 5.74) is 13.8. The molecular formula is C50H32N4O. The summed E-state index contributed by atoms with van der Waals surface area (Å²) < 4.78 is 11.6. The minimum Gasteiger partial charge on any atom is -0.455 e. The lowest BCUT2D eigenvalue weighted by Crippen LogP contribution is -2.25. The summed E-state index contributed by atoms with van der Waals surface area (Å²) in [6.45, 7) is 0. The Hall–Kier alpha value is -7.37. The number of furan rings is 1. The van der Waals surface area contributed by atoms with E-state index in [0.29, 0.717) is 0 Å². The standard InChI is InChI=1S/C50H32N4O/c1-3-14-31(15-4-1)48-49(52-41-23-10-9-22-40(41)51-48)32-16-13-19-34(28-32)54-43-27-26-37-36-21-8-12-25-46(36)55-50(37)47(43)39-29-38-35-20-7-11-24-42(35)53(44(38)30-45(39)54)33-17-5-2-6-18-33/h1-30,49,52H. The predicted molar refractivity (Wildman–Crippen MR) is 228 cm³/mol. The second-order valence-electron chi connectivity index (χ2n) is 14.4. The van der Waals surface area contributed by atoms with Crippen molar-refractivity contribution in [2.75, 3.05) is 5.32 Å². The van der Waals surface area contributed by atoms with E-state index < -0.39 is 0 Å². The highest BCUT2D eigenvalue weighted by Gasteiger charge is 2.27. The van der Waals surface area contributed by atoms with E-state index in [-0.39, 0.29) is 6.04 Å². The Morgan fingerprint density at radius 2 is 1.18 bits per heavy atom. The van der Waals surface area contributed by atoms with Crippen molar-refractivity contribution in [2.24, 2.45) is 4.99 Å². The molecule has 258 valence electrons. The Kier molecular flexibility index (Phi) is 6.33. The van der Waals surface area contributed by atoms with Gasteiger partial charge in [-0.25, -0.2) is 4.99 Å². The van der Waals surface area contributed by atoms with Gasteiger partial charge in [-0.1, -0.05) is 109 Å². The molecule has 0 aliphatic carbocycles. The minimum absolute atomic E-state index is 0.153. The van der Waals surface area contributed by atoms with Gasteiger partial charge < -0.3 is 18.9 Å². The quantitative estimate of drug-likeness (QED) is 0.198. The second-order valence-corrected chi connectivity index (χ2v) is 14.4. The van der Waals surface area contributed by atoms with Gasteiger partial charge in [0.1, 0.15) is 11.2 Å². The largest absolute Gasteiger partial charge is 0.455 e. The topological polar surface area (TPSA) is 47.4 Å². The summed E-state index contributed by atoms with van der Waals surface area (Å²) in [6, 6.07) is 64.6. The van der Waals surface area contributed by atoms with Crippen molar-refractivity contribution in [1.82, 2.24) is 9.13 Å². The van der Waals surface area contributed by atoms with Crippen LogP contribution in [0.1, 0.15) is 17.2 Å². The lowest BCUT2D eigenvalue weighted by atomic mass is 9.94. The summed E-state index contributed by atoms with van der Waals surface area (Å²) in [5.74, 6) is 0. The Bertz CT molecular complexity index is 3350. The Morgan fingerprint density at radius 3 is 2.07 bits per heavy atom. The van der Waals surface area contributed by atoms with Gasteiger partial charge >= 0.3 is 0 Å². The third-order valence-corrected chi connectivity index (χ3v) is 11.3. The van der Waals surface area contributed by atoms with Crippen molar-refractivity contribution in [3.8, 4) is 11.4 Å². The molecule has 0 amide bonds. The van der Waals surface area contributed by atoms with Crippen LogP contribution in [0, 0.1) is 0 Å². The summed E-state index contributed by atoms with van der Waals surface area (Å²) in [5, 5.41) is 10.8. The third kappa shape index (κ3) is 4.44. The molecule has 5 nitrogen and oxygen atoms in total. The first kappa shape index (κ1) is 30.1. The molecule has 1 atom stereocenters. The number of nitrogens with one attached hydrogen (secondary N) is 1. The molecule has 8 aromatic carbocycles. The number of benzene rings is 8. The highest BCUT2D eigenvalue weighted by atomic mass is 16.3. The predicted octanol–water partition coefficient (Wildman–Crippen LogP) is 13.1. The van der Waals surface area contributed by atoms with Crippen LogP contribution in [0.25, 0.3) is 76.9 Å². The smallest absolute Gasteiger partial charge is 0.145 e. The van der Waals surface area contributed by atoms with Crippen LogP contribution >= 0.6 is 0 Å². The van der Waals surface area contributed by atoms with Crippen molar-refractivity contribution >= 4 is 82.6 Å². The molecule has 0 saturated heterocycles. The molecule has 3 aromatic heterocycles. The van der Waals surface area contributed by atoms with E-state index in [1.165, 1.54) is 16.3 Å². The van der Waals surface area contributed by atoms with E-state index >= 15 is 0 Å². The van der Waals surface area contributed by atoms with Gasteiger partial charge in [0.2, 0.25) is 0 Å². The fourth-order valence-electron chi connectivity index (χ4n) is 8.91. The molecule has 1 aliphatic rings. The van der Waals surface area contributed by atoms with Crippen molar-refractivity contribution in [3.63, 3.8) is 0 Å². The molecular weight excluding hydrogens is 673 g/mol. The van der Waals surface area contributed by atoms with E-state index in [0.717, 1.165) is 88.8 Å². The van der Waals surface area contributed by atoms with Crippen LogP contribution in [-0.4, -0.2) is 14.8 Å². The maximum atomic E-state index is 6.77. The Morgan fingerprint density at radius 1 is 0.473 bits per heavy atom. The number of anilines is 1. The fourth-order valence-corrected chi connectivity index (χ4v) is 8.91. The van der Waals surface area contributed by atoms with Gasteiger partial charge in [-0.3, -0.25) is 0 Å². The molecule has 1 aliphatic heterocycles. The summed E-state index contributed by atoms with van der Waals surface area (Å²) in [7, 11) is 0. The number of para-hydroxylation sites is 5. The van der Waals surface area contributed by atoms with E-state index in [1.807, 2.05) is 12.1 Å². The van der Waals surface area contributed by atoms with Crippen LogP contribution in [0.4, 0.5) is 11.4 Å². The summed E-state index contributed by atoms with van der Waals surface area (Å²) >= 11 is 0. The minimum atomic E-state index is -0.153. The maximum absolute atomic E-state index is 6.77. The van der Waals surface area contributed by atoms with Gasteiger partial charge in [-0.05, 0) is 83.9 Å². The van der Waals surface area contributed by atoms with Gasteiger partial charge in [0, 0.05) is 38.3 Å².